The number of halogens is 4. The van der Waals surface area contributed by atoms with Crippen LogP contribution in [0, 0.1) is 5.82 Å². The molecule has 3 aromatic rings. The Bertz CT molecular complexity index is 1120. The molecule has 1 aromatic heterocycles. The average Bonchev–Trinajstić information content (AvgIpc) is 2.61. The highest BCUT2D eigenvalue weighted by Crippen LogP contribution is 2.31. The van der Waals surface area contributed by atoms with E-state index in [1.54, 1.807) is 6.92 Å². The van der Waals surface area contributed by atoms with Crippen LogP contribution in [0.3, 0.4) is 0 Å². The van der Waals surface area contributed by atoms with Gasteiger partial charge in [-0.15, -0.1) is 0 Å². The van der Waals surface area contributed by atoms with Crippen molar-refractivity contribution < 1.29 is 26.0 Å². The third-order valence-corrected chi connectivity index (χ3v) is 5.24. The Morgan fingerprint density at radius 3 is 2.32 bits per heavy atom. The van der Waals surface area contributed by atoms with Crippen LogP contribution in [-0.2, 0) is 16.2 Å². The Balaban J connectivity index is 2.02. The summed E-state index contributed by atoms with van der Waals surface area (Å²) in [5.41, 5.74) is 0.0871. The van der Waals surface area contributed by atoms with Crippen LogP contribution >= 0.6 is 0 Å². The summed E-state index contributed by atoms with van der Waals surface area (Å²) in [5, 5.41) is 2.88. The van der Waals surface area contributed by atoms with Crippen molar-refractivity contribution in [3.63, 3.8) is 0 Å². The maximum atomic E-state index is 13.4. The number of hydrogen-bond donors (Lipinski definition) is 2. The Labute approximate surface area is 157 Å². The van der Waals surface area contributed by atoms with Crippen molar-refractivity contribution >= 4 is 32.4 Å². The van der Waals surface area contributed by atoms with E-state index in [2.05, 4.69) is 20.0 Å². The lowest BCUT2D eigenvalue weighted by Crippen LogP contribution is -2.22. The fraction of sp³-hybridized carbons (Fsp3) is 0.176. The van der Waals surface area contributed by atoms with Crippen molar-refractivity contribution in [3.05, 3.63) is 54.1 Å². The highest BCUT2D eigenvalue weighted by atomic mass is 32.2. The highest BCUT2D eigenvalue weighted by Gasteiger charge is 2.35. The minimum atomic E-state index is -4.82. The van der Waals surface area contributed by atoms with Gasteiger partial charge in [0.1, 0.15) is 11.6 Å². The van der Waals surface area contributed by atoms with Crippen molar-refractivity contribution in [3.8, 4) is 0 Å². The summed E-state index contributed by atoms with van der Waals surface area (Å²) in [6, 6.07) is 8.59. The first-order valence-corrected chi connectivity index (χ1v) is 9.50. The summed E-state index contributed by atoms with van der Waals surface area (Å²) >= 11 is 0. The van der Waals surface area contributed by atoms with E-state index in [-0.39, 0.29) is 28.2 Å². The number of benzene rings is 2. The van der Waals surface area contributed by atoms with Gasteiger partial charge in [0.15, 0.2) is 0 Å². The fourth-order valence-corrected chi connectivity index (χ4v) is 3.49. The number of aromatic nitrogens is 2. The maximum absolute atomic E-state index is 13.4. The zero-order chi connectivity index (χ0) is 20.5. The molecule has 0 amide bonds. The summed E-state index contributed by atoms with van der Waals surface area (Å²) in [4.78, 5) is 6.88. The van der Waals surface area contributed by atoms with Gasteiger partial charge in [0.2, 0.25) is 15.8 Å². The average molecular weight is 414 g/mol. The molecule has 28 heavy (non-hydrogen) atoms. The highest BCUT2D eigenvalue weighted by molar-refractivity contribution is 7.89. The van der Waals surface area contributed by atoms with Gasteiger partial charge in [-0.2, -0.15) is 13.2 Å². The fourth-order valence-electron chi connectivity index (χ4n) is 2.45. The van der Waals surface area contributed by atoms with E-state index in [0.717, 1.165) is 12.1 Å². The zero-order valence-corrected chi connectivity index (χ0v) is 15.2. The number of hydrogen-bond acceptors (Lipinski definition) is 5. The summed E-state index contributed by atoms with van der Waals surface area (Å²) in [5.74, 6) is -2.33. The van der Waals surface area contributed by atoms with Gasteiger partial charge in [-0.1, -0.05) is 6.92 Å². The first-order chi connectivity index (χ1) is 13.1. The molecule has 2 N–H and O–H groups in total. The second-order valence-electron chi connectivity index (χ2n) is 5.71. The standard InChI is InChI=1S/C17H14F4N4O2S/c1-2-22-28(26,27)12-6-4-11(5-7-12)23-15-13-8-3-10(18)9-14(13)24-16(25-15)17(19,20)21/h3-9,22H,2H2,1H3,(H,23,24,25). The molecule has 0 spiro atoms. The predicted octanol–water partition coefficient (Wildman–Crippen LogP) is 3.83. The van der Waals surface area contributed by atoms with Gasteiger partial charge in [0.05, 0.1) is 10.4 Å². The summed E-state index contributed by atoms with van der Waals surface area (Å²) in [6.45, 7) is 1.85. The molecule has 148 valence electrons. The lowest BCUT2D eigenvalue weighted by molar-refractivity contribution is -0.144. The number of fused-ring (bicyclic) bond motifs is 1. The molecule has 11 heteroatoms. The second-order valence-corrected chi connectivity index (χ2v) is 7.47. The van der Waals surface area contributed by atoms with E-state index in [1.807, 2.05) is 0 Å². The van der Waals surface area contributed by atoms with Gasteiger partial charge in [0.25, 0.3) is 0 Å². The number of nitrogens with zero attached hydrogens (tertiary/aromatic N) is 2. The normalized spacial score (nSPS) is 12.3. The Morgan fingerprint density at radius 2 is 1.71 bits per heavy atom. The molecule has 0 saturated carbocycles. The SMILES string of the molecule is CCNS(=O)(=O)c1ccc(Nc2nc(C(F)(F)F)nc3cc(F)ccc23)cc1. The Morgan fingerprint density at radius 1 is 1.04 bits per heavy atom. The number of alkyl halides is 3. The molecule has 0 radical (unpaired) electrons. The van der Waals surface area contributed by atoms with Crippen LogP contribution in [0.25, 0.3) is 10.9 Å². The first kappa shape index (κ1) is 20.0. The van der Waals surface area contributed by atoms with Gasteiger partial charge in [-0.25, -0.2) is 27.5 Å². The molecule has 0 fully saturated rings. The smallest absolute Gasteiger partial charge is 0.340 e. The number of nitrogens with one attached hydrogen (secondary N) is 2. The van der Waals surface area contributed by atoms with Crippen LogP contribution in [-0.4, -0.2) is 24.9 Å². The largest absolute Gasteiger partial charge is 0.451 e. The minimum absolute atomic E-state index is 0.00509. The lowest BCUT2D eigenvalue weighted by Gasteiger charge is -2.13. The van der Waals surface area contributed by atoms with Gasteiger partial charge in [0, 0.05) is 23.7 Å². The van der Waals surface area contributed by atoms with E-state index >= 15 is 0 Å². The monoisotopic (exact) mass is 414 g/mol. The molecule has 0 atom stereocenters. The second kappa shape index (κ2) is 7.32. The topological polar surface area (TPSA) is 84.0 Å². The molecule has 0 aliphatic heterocycles. The van der Waals surface area contributed by atoms with Gasteiger partial charge in [-0.05, 0) is 36.4 Å². The van der Waals surface area contributed by atoms with Crippen LogP contribution in [0.4, 0.5) is 29.1 Å². The summed E-state index contributed by atoms with van der Waals surface area (Å²) in [6.07, 6.45) is -4.82. The quantitative estimate of drug-likeness (QED) is 0.620. The van der Waals surface area contributed by atoms with Gasteiger partial charge < -0.3 is 5.32 Å². The molecule has 6 nitrogen and oxygen atoms in total. The van der Waals surface area contributed by atoms with E-state index in [1.165, 1.54) is 30.3 Å². The number of sulfonamides is 1. The van der Waals surface area contributed by atoms with E-state index in [4.69, 9.17) is 0 Å². The number of anilines is 2. The van der Waals surface area contributed by atoms with Gasteiger partial charge in [-0.3, -0.25) is 0 Å². The van der Waals surface area contributed by atoms with Crippen LogP contribution in [0.15, 0.2) is 47.4 Å². The van der Waals surface area contributed by atoms with E-state index in [0.29, 0.717) is 5.69 Å². The molecule has 3 rings (SSSR count). The van der Waals surface area contributed by atoms with Crippen LogP contribution in [0.2, 0.25) is 0 Å². The molecule has 1 heterocycles. The van der Waals surface area contributed by atoms with Crippen LogP contribution < -0.4 is 10.0 Å². The molecule has 0 aliphatic carbocycles. The Kier molecular flexibility index (Phi) is 5.22. The third kappa shape index (κ3) is 4.20. The molecule has 0 aliphatic rings. The minimum Gasteiger partial charge on any atom is -0.340 e. The molecule has 0 saturated heterocycles. The summed E-state index contributed by atoms with van der Waals surface area (Å²) in [7, 11) is -3.66. The zero-order valence-electron chi connectivity index (χ0n) is 14.4. The first-order valence-electron chi connectivity index (χ1n) is 8.01. The van der Waals surface area contributed by atoms with Crippen molar-refractivity contribution in [1.29, 1.82) is 0 Å². The van der Waals surface area contributed by atoms with Crippen molar-refractivity contribution in [2.75, 3.05) is 11.9 Å². The van der Waals surface area contributed by atoms with E-state index in [9.17, 15) is 26.0 Å². The van der Waals surface area contributed by atoms with Crippen molar-refractivity contribution in [2.45, 2.75) is 18.0 Å². The van der Waals surface area contributed by atoms with Crippen molar-refractivity contribution in [2.24, 2.45) is 0 Å². The molecule has 2 aromatic carbocycles. The third-order valence-electron chi connectivity index (χ3n) is 3.67. The molecule has 0 unspecified atom stereocenters. The lowest BCUT2D eigenvalue weighted by atomic mass is 10.2. The summed E-state index contributed by atoms with van der Waals surface area (Å²) < 4.78 is 78.9. The predicted molar refractivity (Wildman–Crippen MR) is 95.1 cm³/mol. The molecular weight excluding hydrogens is 400 g/mol. The van der Waals surface area contributed by atoms with Gasteiger partial charge >= 0.3 is 6.18 Å². The van der Waals surface area contributed by atoms with Crippen LogP contribution in [0.1, 0.15) is 12.7 Å². The van der Waals surface area contributed by atoms with E-state index < -0.39 is 27.8 Å². The number of rotatable bonds is 5. The maximum Gasteiger partial charge on any atom is 0.451 e. The van der Waals surface area contributed by atoms with Crippen molar-refractivity contribution in [1.82, 2.24) is 14.7 Å². The molecule has 0 bridgehead atoms. The Hall–Kier alpha value is -2.79. The van der Waals surface area contributed by atoms with Crippen LogP contribution in [0.5, 0.6) is 0 Å². The molecular formula is C17H14F4N4O2S.